The molecular weight excluding hydrogens is 203 g/mol. The van der Waals surface area contributed by atoms with Crippen molar-refractivity contribution in [3.05, 3.63) is 24.0 Å². The number of pyridine rings is 1. The van der Waals surface area contributed by atoms with Crippen LogP contribution in [0.15, 0.2) is 18.3 Å². The number of hydrogen-bond acceptors (Lipinski definition) is 3. The number of hydrogen-bond donors (Lipinski definition) is 3. The molecule has 0 saturated heterocycles. The van der Waals surface area contributed by atoms with Gasteiger partial charge in [-0.1, -0.05) is 0 Å². The van der Waals surface area contributed by atoms with E-state index in [0.717, 1.165) is 5.69 Å². The van der Waals surface area contributed by atoms with Gasteiger partial charge in [0.25, 0.3) is 0 Å². The first kappa shape index (κ1) is 11.3. The van der Waals surface area contributed by atoms with E-state index in [1.807, 2.05) is 6.92 Å². The molecule has 0 unspecified atom stereocenters. The van der Waals surface area contributed by atoms with Crippen LogP contribution < -0.4 is 11.0 Å². The van der Waals surface area contributed by atoms with Crippen molar-refractivity contribution in [2.24, 2.45) is 5.73 Å². The maximum Gasteiger partial charge on any atom is 0.357 e. The summed E-state index contributed by atoms with van der Waals surface area (Å²) in [4.78, 5) is 21.5. The van der Waals surface area contributed by atoms with Gasteiger partial charge in [0, 0.05) is 24.4 Å². The molecule has 0 fully saturated rings. The highest BCUT2D eigenvalue weighted by Crippen LogP contribution is 2.32. The summed E-state index contributed by atoms with van der Waals surface area (Å²) in [5.74, 6) is 0. The molecule has 6 heteroatoms. The van der Waals surface area contributed by atoms with Crippen LogP contribution in [0.4, 0.5) is 0 Å². The van der Waals surface area contributed by atoms with E-state index in [0.29, 0.717) is 6.42 Å². The normalized spacial score (nSPS) is 14.0. The molecule has 0 aliphatic carbocycles. The number of rotatable bonds is 3. The Labute approximate surface area is 82.1 Å². The third-order valence-electron chi connectivity index (χ3n) is 1.68. The lowest BCUT2D eigenvalue weighted by Gasteiger charge is -2.06. The predicted molar refractivity (Wildman–Crippen MR) is 53.3 cm³/mol. The zero-order valence-corrected chi connectivity index (χ0v) is 8.69. The molecule has 1 aromatic heterocycles. The van der Waals surface area contributed by atoms with Crippen molar-refractivity contribution in [2.45, 2.75) is 19.4 Å². The summed E-state index contributed by atoms with van der Waals surface area (Å²) in [5.41, 5.74) is 6.29. The van der Waals surface area contributed by atoms with Crippen LogP contribution in [0.3, 0.4) is 0 Å². The summed E-state index contributed by atoms with van der Waals surface area (Å²) in [6.45, 7) is 1.85. The molecule has 0 radical (unpaired) electrons. The van der Waals surface area contributed by atoms with Crippen LogP contribution in [-0.4, -0.2) is 20.8 Å². The molecule has 0 aromatic carbocycles. The zero-order valence-electron chi connectivity index (χ0n) is 7.79. The van der Waals surface area contributed by atoms with Crippen molar-refractivity contribution in [3.8, 4) is 0 Å². The van der Waals surface area contributed by atoms with Crippen LogP contribution in [0.5, 0.6) is 0 Å². The zero-order chi connectivity index (χ0) is 10.8. The van der Waals surface area contributed by atoms with Gasteiger partial charge < -0.3 is 15.5 Å². The Morgan fingerprint density at radius 1 is 1.57 bits per heavy atom. The van der Waals surface area contributed by atoms with Gasteiger partial charge in [0.1, 0.15) is 0 Å². The van der Waals surface area contributed by atoms with E-state index in [1.165, 1.54) is 12.3 Å². The van der Waals surface area contributed by atoms with E-state index in [4.69, 9.17) is 15.5 Å². The molecule has 0 amide bonds. The molecule has 0 spiro atoms. The van der Waals surface area contributed by atoms with Crippen LogP contribution in [0.1, 0.15) is 12.6 Å². The topological polar surface area (TPSA) is 96.4 Å². The van der Waals surface area contributed by atoms with Gasteiger partial charge in [-0.3, -0.25) is 9.55 Å². The van der Waals surface area contributed by atoms with Gasteiger partial charge in [-0.2, -0.15) is 0 Å². The van der Waals surface area contributed by atoms with Crippen LogP contribution in [0, 0.1) is 0 Å². The summed E-state index contributed by atoms with van der Waals surface area (Å²) >= 11 is 0. The Balaban J connectivity index is 2.84. The minimum Gasteiger partial charge on any atom is -0.328 e. The van der Waals surface area contributed by atoms with Crippen molar-refractivity contribution < 1.29 is 14.4 Å². The second-order valence-corrected chi connectivity index (χ2v) is 4.84. The van der Waals surface area contributed by atoms with Crippen LogP contribution >= 0.6 is 7.60 Å². The van der Waals surface area contributed by atoms with Crippen molar-refractivity contribution in [1.29, 1.82) is 0 Å². The molecule has 1 atom stereocenters. The fraction of sp³-hybridized carbons (Fsp3) is 0.375. The Bertz CT molecular complexity index is 344. The van der Waals surface area contributed by atoms with Crippen molar-refractivity contribution in [1.82, 2.24) is 4.98 Å². The molecular formula is C8H13N2O3P. The highest BCUT2D eigenvalue weighted by atomic mass is 31.2. The average Bonchev–Trinajstić information content (AvgIpc) is 2.02. The number of aromatic nitrogens is 1. The van der Waals surface area contributed by atoms with E-state index >= 15 is 0 Å². The molecule has 5 nitrogen and oxygen atoms in total. The first-order chi connectivity index (χ1) is 6.39. The molecule has 14 heavy (non-hydrogen) atoms. The molecule has 4 N–H and O–H groups in total. The molecule has 1 aromatic rings. The SMILES string of the molecule is C[C@@H](N)Cc1ccc(P(=O)(O)O)cn1. The highest BCUT2D eigenvalue weighted by molar-refractivity contribution is 7.60. The Morgan fingerprint density at radius 3 is 2.57 bits per heavy atom. The lowest BCUT2D eigenvalue weighted by molar-refractivity contribution is 0.387. The van der Waals surface area contributed by atoms with Crippen LogP contribution in [0.25, 0.3) is 0 Å². The van der Waals surface area contributed by atoms with Gasteiger partial charge in [0.2, 0.25) is 0 Å². The minimum absolute atomic E-state index is 0.0107. The summed E-state index contributed by atoms with van der Waals surface area (Å²) < 4.78 is 10.8. The van der Waals surface area contributed by atoms with Gasteiger partial charge in [0.15, 0.2) is 0 Å². The number of nitrogens with zero attached hydrogens (tertiary/aromatic N) is 1. The standard InChI is InChI=1S/C8H13N2O3P/c1-6(9)4-7-2-3-8(5-10-7)14(11,12)13/h2-3,5-6H,4,9H2,1H3,(H2,11,12,13)/t6-/m1/s1. The van der Waals surface area contributed by atoms with Crippen molar-refractivity contribution in [3.63, 3.8) is 0 Å². The second kappa shape index (κ2) is 4.19. The summed E-state index contributed by atoms with van der Waals surface area (Å²) in [7, 11) is -4.17. The summed E-state index contributed by atoms with van der Waals surface area (Å²) in [6, 6.07) is 2.95. The first-order valence-corrected chi connectivity index (χ1v) is 5.77. The third-order valence-corrected chi connectivity index (χ3v) is 2.61. The van der Waals surface area contributed by atoms with E-state index in [9.17, 15) is 4.57 Å². The Morgan fingerprint density at radius 2 is 2.21 bits per heavy atom. The largest absolute Gasteiger partial charge is 0.357 e. The second-order valence-electron chi connectivity index (χ2n) is 3.23. The average molecular weight is 216 g/mol. The van der Waals surface area contributed by atoms with Gasteiger partial charge in [-0.05, 0) is 19.1 Å². The smallest absolute Gasteiger partial charge is 0.328 e. The maximum atomic E-state index is 10.8. The Hall–Kier alpha value is -0.740. The molecule has 78 valence electrons. The van der Waals surface area contributed by atoms with Gasteiger partial charge >= 0.3 is 7.60 Å². The molecule has 0 aliphatic rings. The third kappa shape index (κ3) is 3.20. The van der Waals surface area contributed by atoms with E-state index in [1.54, 1.807) is 6.07 Å². The van der Waals surface area contributed by atoms with Crippen LogP contribution in [-0.2, 0) is 11.0 Å². The molecule has 0 saturated carbocycles. The Kier molecular flexibility index (Phi) is 3.39. The predicted octanol–water partition coefficient (Wildman–Crippen LogP) is -0.226. The van der Waals surface area contributed by atoms with Gasteiger partial charge in [-0.15, -0.1) is 0 Å². The maximum absolute atomic E-state index is 10.8. The lowest BCUT2D eigenvalue weighted by Crippen LogP contribution is -2.19. The van der Waals surface area contributed by atoms with Crippen molar-refractivity contribution >= 4 is 12.9 Å². The molecule has 1 rings (SSSR count). The first-order valence-electron chi connectivity index (χ1n) is 4.16. The van der Waals surface area contributed by atoms with Crippen LogP contribution in [0.2, 0.25) is 0 Å². The summed E-state index contributed by atoms with van der Waals surface area (Å²) in [6.07, 6.45) is 1.79. The quantitative estimate of drug-likeness (QED) is 0.606. The number of nitrogens with two attached hydrogens (primary N) is 1. The van der Waals surface area contributed by atoms with Gasteiger partial charge in [-0.25, -0.2) is 0 Å². The monoisotopic (exact) mass is 216 g/mol. The van der Waals surface area contributed by atoms with E-state index in [-0.39, 0.29) is 11.3 Å². The molecule has 0 bridgehead atoms. The fourth-order valence-electron chi connectivity index (χ4n) is 1.04. The van der Waals surface area contributed by atoms with Gasteiger partial charge in [0.05, 0.1) is 5.30 Å². The van der Waals surface area contributed by atoms with E-state index < -0.39 is 7.60 Å². The minimum atomic E-state index is -4.17. The highest BCUT2D eigenvalue weighted by Gasteiger charge is 2.16. The molecule has 1 heterocycles. The van der Waals surface area contributed by atoms with Crippen molar-refractivity contribution in [2.75, 3.05) is 0 Å². The van der Waals surface area contributed by atoms with E-state index in [2.05, 4.69) is 4.98 Å². The lowest BCUT2D eigenvalue weighted by atomic mass is 10.2. The fourth-order valence-corrected chi connectivity index (χ4v) is 1.52. The molecule has 0 aliphatic heterocycles. The summed E-state index contributed by atoms with van der Waals surface area (Å²) in [5, 5.41) is -0.0640.